The minimum absolute atomic E-state index is 0.0652. The summed E-state index contributed by atoms with van der Waals surface area (Å²) in [6.07, 6.45) is 1.08. The van der Waals surface area contributed by atoms with E-state index in [0.29, 0.717) is 12.0 Å². The molecule has 5 nitrogen and oxygen atoms in total. The van der Waals surface area contributed by atoms with Crippen molar-refractivity contribution in [1.82, 2.24) is 9.80 Å². The molecular weight excluding hydrogens is 316 g/mol. The van der Waals surface area contributed by atoms with E-state index >= 15 is 0 Å². The first-order valence-corrected chi connectivity index (χ1v) is 9.32. The predicted molar refractivity (Wildman–Crippen MR) is 97.3 cm³/mol. The van der Waals surface area contributed by atoms with Crippen LogP contribution in [-0.4, -0.2) is 68.3 Å². The quantitative estimate of drug-likeness (QED) is 0.819. The molecule has 3 rings (SSSR count). The van der Waals surface area contributed by atoms with Crippen LogP contribution in [0.2, 0.25) is 0 Å². The molecule has 2 heterocycles. The maximum atomic E-state index is 13.3. The maximum Gasteiger partial charge on any atom is 0.259 e. The molecule has 2 fully saturated rings. The van der Waals surface area contributed by atoms with Gasteiger partial charge >= 0.3 is 0 Å². The summed E-state index contributed by atoms with van der Waals surface area (Å²) in [5, 5.41) is 0. The molecule has 0 aromatic heterocycles. The van der Waals surface area contributed by atoms with E-state index in [0.717, 1.165) is 51.4 Å². The molecule has 0 unspecified atom stereocenters. The highest BCUT2D eigenvalue weighted by molar-refractivity contribution is 5.86. The largest absolute Gasteiger partial charge is 0.379 e. The third-order valence-corrected chi connectivity index (χ3v) is 5.87. The normalized spacial score (nSPS) is 27.2. The Morgan fingerprint density at radius 3 is 2.52 bits per heavy atom. The first kappa shape index (κ1) is 18.4. The SMILES string of the molecule is CC[C@@H]1CN(C(=O)[C@@](C)(OC)c2ccccc2)C[C@@H]1N1CCOCC1. The van der Waals surface area contributed by atoms with Crippen LogP contribution in [0.25, 0.3) is 0 Å². The van der Waals surface area contributed by atoms with Gasteiger partial charge in [0.1, 0.15) is 0 Å². The van der Waals surface area contributed by atoms with E-state index in [1.807, 2.05) is 42.2 Å². The van der Waals surface area contributed by atoms with Gasteiger partial charge in [-0.05, 0) is 18.4 Å². The van der Waals surface area contributed by atoms with Crippen LogP contribution in [-0.2, 0) is 19.9 Å². The number of ether oxygens (including phenoxy) is 2. The van der Waals surface area contributed by atoms with Crippen molar-refractivity contribution in [1.29, 1.82) is 0 Å². The Balaban J connectivity index is 1.77. The van der Waals surface area contributed by atoms with Crippen LogP contribution < -0.4 is 0 Å². The fraction of sp³-hybridized carbons (Fsp3) is 0.650. The first-order chi connectivity index (χ1) is 12.1. The van der Waals surface area contributed by atoms with Crippen LogP contribution in [0.1, 0.15) is 25.8 Å². The summed E-state index contributed by atoms with van der Waals surface area (Å²) in [5.74, 6) is 0.578. The number of methoxy groups -OCH3 is 1. The molecule has 5 heteroatoms. The van der Waals surface area contributed by atoms with E-state index in [2.05, 4.69) is 11.8 Å². The molecule has 0 saturated carbocycles. The molecule has 0 radical (unpaired) electrons. The number of amides is 1. The van der Waals surface area contributed by atoms with Crippen molar-refractivity contribution in [3.63, 3.8) is 0 Å². The number of rotatable bonds is 5. The molecule has 1 aromatic carbocycles. The molecule has 1 aromatic rings. The van der Waals surface area contributed by atoms with Gasteiger partial charge in [0.2, 0.25) is 0 Å². The van der Waals surface area contributed by atoms with E-state index in [1.165, 1.54) is 0 Å². The van der Waals surface area contributed by atoms with Gasteiger partial charge in [0.05, 0.1) is 13.2 Å². The number of likely N-dealkylation sites (tertiary alicyclic amines) is 1. The van der Waals surface area contributed by atoms with Gasteiger partial charge < -0.3 is 14.4 Å². The lowest BCUT2D eigenvalue weighted by molar-refractivity contribution is -0.153. The van der Waals surface area contributed by atoms with Gasteiger partial charge in [-0.25, -0.2) is 0 Å². The maximum absolute atomic E-state index is 13.3. The molecule has 2 aliphatic rings. The number of benzene rings is 1. The van der Waals surface area contributed by atoms with Crippen LogP contribution in [0.3, 0.4) is 0 Å². The van der Waals surface area contributed by atoms with Crippen LogP contribution in [0.5, 0.6) is 0 Å². The molecular formula is C20H30N2O3. The van der Waals surface area contributed by atoms with Crippen LogP contribution in [0.4, 0.5) is 0 Å². The van der Waals surface area contributed by atoms with Gasteiger partial charge in [0.15, 0.2) is 5.60 Å². The summed E-state index contributed by atoms with van der Waals surface area (Å²) in [6.45, 7) is 9.20. The lowest BCUT2D eigenvalue weighted by Gasteiger charge is -2.35. The van der Waals surface area contributed by atoms with Gasteiger partial charge in [-0.15, -0.1) is 0 Å². The third kappa shape index (κ3) is 3.59. The number of hydrogen-bond donors (Lipinski definition) is 0. The average Bonchev–Trinajstić information content (AvgIpc) is 3.12. The molecule has 0 N–H and O–H groups in total. The summed E-state index contributed by atoms with van der Waals surface area (Å²) in [6, 6.07) is 10.2. The highest BCUT2D eigenvalue weighted by Gasteiger charge is 2.44. The Bertz CT molecular complexity index is 574. The zero-order valence-electron chi connectivity index (χ0n) is 15.6. The van der Waals surface area contributed by atoms with Crippen molar-refractivity contribution in [2.75, 3.05) is 46.5 Å². The van der Waals surface area contributed by atoms with Crippen LogP contribution in [0, 0.1) is 5.92 Å². The Hall–Kier alpha value is -1.43. The molecule has 0 spiro atoms. The van der Waals surface area contributed by atoms with Crippen molar-refractivity contribution in [3.05, 3.63) is 35.9 Å². The van der Waals surface area contributed by atoms with Crippen molar-refractivity contribution in [2.45, 2.75) is 31.9 Å². The zero-order chi connectivity index (χ0) is 17.9. The Labute approximate surface area is 150 Å². The number of carbonyl (C=O) groups is 1. The first-order valence-electron chi connectivity index (χ1n) is 9.32. The minimum Gasteiger partial charge on any atom is -0.379 e. The topological polar surface area (TPSA) is 42.0 Å². The van der Waals surface area contributed by atoms with Gasteiger partial charge in [-0.1, -0.05) is 43.7 Å². The van der Waals surface area contributed by atoms with Gasteiger partial charge in [0.25, 0.3) is 5.91 Å². The van der Waals surface area contributed by atoms with E-state index in [4.69, 9.17) is 9.47 Å². The van der Waals surface area contributed by atoms with Crippen LogP contribution in [0.15, 0.2) is 30.3 Å². The zero-order valence-corrected chi connectivity index (χ0v) is 15.6. The van der Waals surface area contributed by atoms with Gasteiger partial charge in [-0.2, -0.15) is 0 Å². The lowest BCUT2D eigenvalue weighted by Crippen LogP contribution is -2.49. The monoisotopic (exact) mass is 346 g/mol. The fourth-order valence-electron chi connectivity index (χ4n) is 4.13. The number of hydrogen-bond acceptors (Lipinski definition) is 4. The number of carbonyl (C=O) groups excluding carboxylic acids is 1. The second-order valence-electron chi connectivity index (χ2n) is 7.20. The predicted octanol–water partition coefficient (Wildman–Crippen LogP) is 2.12. The molecule has 2 saturated heterocycles. The molecule has 25 heavy (non-hydrogen) atoms. The molecule has 1 amide bonds. The highest BCUT2D eigenvalue weighted by atomic mass is 16.5. The fourth-order valence-corrected chi connectivity index (χ4v) is 4.13. The Morgan fingerprint density at radius 1 is 1.24 bits per heavy atom. The molecule has 2 aliphatic heterocycles. The van der Waals surface area contributed by atoms with E-state index < -0.39 is 5.60 Å². The summed E-state index contributed by atoms with van der Waals surface area (Å²) >= 11 is 0. The summed E-state index contributed by atoms with van der Waals surface area (Å²) in [5.41, 5.74) is -0.0233. The van der Waals surface area contributed by atoms with E-state index in [9.17, 15) is 4.79 Å². The van der Waals surface area contributed by atoms with Crippen molar-refractivity contribution >= 4 is 5.91 Å². The van der Waals surface area contributed by atoms with Crippen LogP contribution >= 0.6 is 0 Å². The van der Waals surface area contributed by atoms with Crippen molar-refractivity contribution < 1.29 is 14.3 Å². The smallest absolute Gasteiger partial charge is 0.259 e. The second kappa shape index (κ2) is 7.85. The molecule has 3 atom stereocenters. The number of nitrogens with zero attached hydrogens (tertiary/aromatic N) is 2. The standard InChI is InChI=1S/C20H30N2O3/c1-4-16-14-22(15-18(16)21-10-12-25-13-11-21)19(23)20(2,24-3)17-8-6-5-7-9-17/h5-9,16,18H,4,10-15H2,1-3H3/t16-,18+,20+/m1/s1. The Kier molecular flexibility index (Phi) is 5.77. The molecule has 0 bridgehead atoms. The van der Waals surface area contributed by atoms with Crippen molar-refractivity contribution in [3.8, 4) is 0 Å². The molecule has 138 valence electrons. The second-order valence-corrected chi connectivity index (χ2v) is 7.20. The average molecular weight is 346 g/mol. The third-order valence-electron chi connectivity index (χ3n) is 5.87. The molecule has 0 aliphatic carbocycles. The van der Waals surface area contributed by atoms with Gasteiger partial charge in [-0.3, -0.25) is 9.69 Å². The van der Waals surface area contributed by atoms with Gasteiger partial charge in [0, 0.05) is 39.3 Å². The number of morpholine rings is 1. The van der Waals surface area contributed by atoms with E-state index in [-0.39, 0.29) is 5.91 Å². The highest BCUT2D eigenvalue weighted by Crippen LogP contribution is 2.32. The summed E-state index contributed by atoms with van der Waals surface area (Å²) in [4.78, 5) is 17.8. The summed E-state index contributed by atoms with van der Waals surface area (Å²) in [7, 11) is 1.62. The minimum atomic E-state index is -0.931. The van der Waals surface area contributed by atoms with E-state index in [1.54, 1.807) is 7.11 Å². The summed E-state index contributed by atoms with van der Waals surface area (Å²) < 4.78 is 11.2. The lowest BCUT2D eigenvalue weighted by atomic mass is 9.94. The Morgan fingerprint density at radius 2 is 1.92 bits per heavy atom. The van der Waals surface area contributed by atoms with Crippen molar-refractivity contribution in [2.24, 2.45) is 5.92 Å².